The Balaban J connectivity index is 1.43. The smallest absolute Gasteiger partial charge is 0.317 e. The average molecular weight is 389 g/mol. The van der Waals surface area contributed by atoms with Gasteiger partial charge < -0.3 is 24.9 Å². The minimum atomic E-state index is -0.0614. The van der Waals surface area contributed by atoms with Crippen LogP contribution in [0.25, 0.3) is 0 Å². The van der Waals surface area contributed by atoms with Crippen LogP contribution in [0.1, 0.15) is 18.4 Å². The normalized spacial score (nSPS) is 18.8. The zero-order chi connectivity index (χ0) is 20.1. The molecule has 0 saturated carbocycles. The number of aromatic nitrogens is 1. The van der Waals surface area contributed by atoms with Crippen LogP contribution < -0.4 is 10.2 Å². The topological polar surface area (TPSA) is 72.0 Å². The Labute approximate surface area is 167 Å². The molecule has 3 heterocycles. The minimum Gasteiger partial charge on any atom is -0.363 e. The molecule has 0 aromatic carbocycles. The third kappa shape index (κ3) is 5.13. The zero-order valence-corrected chi connectivity index (χ0v) is 17.2. The maximum absolute atomic E-state index is 12.7. The fourth-order valence-electron chi connectivity index (χ4n) is 3.72. The van der Waals surface area contributed by atoms with E-state index >= 15 is 0 Å². The van der Waals surface area contributed by atoms with Gasteiger partial charge in [-0.1, -0.05) is 0 Å². The fraction of sp³-hybridized carbons (Fsp3) is 0.650. The monoisotopic (exact) mass is 388 g/mol. The van der Waals surface area contributed by atoms with Crippen molar-refractivity contribution >= 4 is 17.8 Å². The molecule has 1 aromatic heterocycles. The Morgan fingerprint density at radius 1 is 1.11 bits per heavy atom. The average Bonchev–Trinajstić information content (AvgIpc) is 2.72. The number of likely N-dealkylation sites (tertiary alicyclic amines) is 1. The number of hydrogen-bond donors (Lipinski definition) is 1. The van der Waals surface area contributed by atoms with Crippen LogP contribution in [0.3, 0.4) is 0 Å². The van der Waals surface area contributed by atoms with Crippen molar-refractivity contribution in [1.82, 2.24) is 25.0 Å². The summed E-state index contributed by atoms with van der Waals surface area (Å²) in [5, 5.41) is 2.99. The van der Waals surface area contributed by atoms with Crippen LogP contribution in [-0.4, -0.2) is 92.0 Å². The van der Waals surface area contributed by atoms with E-state index in [-0.39, 0.29) is 17.9 Å². The number of carbonyl (C=O) groups is 2. The quantitative estimate of drug-likeness (QED) is 0.828. The van der Waals surface area contributed by atoms with E-state index < -0.39 is 0 Å². The summed E-state index contributed by atoms with van der Waals surface area (Å²) in [5.74, 6) is 1.19. The van der Waals surface area contributed by atoms with E-state index in [4.69, 9.17) is 0 Å². The number of urea groups is 1. The van der Waals surface area contributed by atoms with Crippen molar-refractivity contribution in [3.63, 3.8) is 0 Å². The molecule has 0 atom stereocenters. The maximum Gasteiger partial charge on any atom is 0.317 e. The van der Waals surface area contributed by atoms with Gasteiger partial charge in [0.1, 0.15) is 5.82 Å². The summed E-state index contributed by atoms with van der Waals surface area (Å²) in [4.78, 5) is 37.5. The Morgan fingerprint density at radius 3 is 2.43 bits per heavy atom. The van der Waals surface area contributed by atoms with Crippen molar-refractivity contribution in [1.29, 1.82) is 0 Å². The van der Waals surface area contributed by atoms with Crippen molar-refractivity contribution in [2.45, 2.75) is 19.4 Å². The Kier molecular flexibility index (Phi) is 6.72. The van der Waals surface area contributed by atoms with Gasteiger partial charge >= 0.3 is 6.03 Å². The molecule has 0 unspecified atom stereocenters. The van der Waals surface area contributed by atoms with E-state index in [2.05, 4.69) is 22.2 Å². The summed E-state index contributed by atoms with van der Waals surface area (Å²) >= 11 is 0. The van der Waals surface area contributed by atoms with E-state index in [0.717, 1.165) is 50.4 Å². The summed E-state index contributed by atoms with van der Waals surface area (Å²) in [6.07, 6.45) is 3.25. The summed E-state index contributed by atoms with van der Waals surface area (Å²) in [7, 11) is 5.97. The third-order valence-electron chi connectivity index (χ3n) is 5.66. The summed E-state index contributed by atoms with van der Waals surface area (Å²) in [6.45, 7) is 5.26. The van der Waals surface area contributed by atoms with E-state index in [1.807, 2.05) is 40.9 Å². The summed E-state index contributed by atoms with van der Waals surface area (Å²) in [5.41, 5.74) is 1.02. The van der Waals surface area contributed by atoms with Crippen LogP contribution in [-0.2, 0) is 11.3 Å². The molecule has 0 radical (unpaired) electrons. The lowest BCUT2D eigenvalue weighted by atomic mass is 9.95. The minimum absolute atomic E-state index is 0.0512. The van der Waals surface area contributed by atoms with Crippen molar-refractivity contribution in [3.05, 3.63) is 23.9 Å². The number of pyridine rings is 1. The number of nitrogens with one attached hydrogen (secondary N) is 1. The summed E-state index contributed by atoms with van der Waals surface area (Å²) < 4.78 is 0. The molecule has 154 valence electrons. The SMILES string of the molecule is CN1CCN(C(=O)C2CCN(C(=O)NCc3ccnc(N(C)C)c3)CC2)CC1. The molecular formula is C20H32N6O2. The van der Waals surface area contributed by atoms with Gasteiger partial charge in [-0.2, -0.15) is 0 Å². The second-order valence-electron chi connectivity index (χ2n) is 7.97. The number of likely N-dealkylation sites (N-methyl/N-ethyl adjacent to an activating group) is 1. The van der Waals surface area contributed by atoms with Gasteiger partial charge in [0.25, 0.3) is 0 Å². The van der Waals surface area contributed by atoms with Gasteiger partial charge in [0.2, 0.25) is 5.91 Å². The van der Waals surface area contributed by atoms with Crippen LogP contribution in [0, 0.1) is 5.92 Å². The van der Waals surface area contributed by atoms with Crippen molar-refractivity contribution in [2.75, 3.05) is 65.3 Å². The molecule has 1 N–H and O–H groups in total. The van der Waals surface area contributed by atoms with Crippen LogP contribution >= 0.6 is 0 Å². The van der Waals surface area contributed by atoms with Gasteiger partial charge in [0.15, 0.2) is 0 Å². The molecule has 1 aromatic rings. The molecule has 0 bridgehead atoms. The molecular weight excluding hydrogens is 356 g/mol. The zero-order valence-electron chi connectivity index (χ0n) is 17.2. The van der Waals surface area contributed by atoms with Crippen LogP contribution in [0.2, 0.25) is 0 Å². The highest BCUT2D eigenvalue weighted by Crippen LogP contribution is 2.20. The Hall–Kier alpha value is -2.35. The number of rotatable bonds is 4. The molecule has 0 spiro atoms. The lowest BCUT2D eigenvalue weighted by Gasteiger charge is -2.37. The van der Waals surface area contributed by atoms with Crippen LogP contribution in [0.5, 0.6) is 0 Å². The molecule has 28 heavy (non-hydrogen) atoms. The molecule has 3 amide bonds. The van der Waals surface area contributed by atoms with Crippen LogP contribution in [0.15, 0.2) is 18.3 Å². The predicted octanol–water partition coefficient (Wildman–Crippen LogP) is 0.843. The number of hydrogen-bond acceptors (Lipinski definition) is 5. The highest BCUT2D eigenvalue weighted by atomic mass is 16.2. The molecule has 2 aliphatic heterocycles. The van der Waals surface area contributed by atoms with Gasteiger partial charge in [-0.15, -0.1) is 0 Å². The standard InChI is InChI=1S/C20H32N6O2/c1-23(2)18-14-16(4-7-21-18)15-22-20(28)26-8-5-17(6-9-26)19(27)25-12-10-24(3)11-13-25/h4,7,14,17H,5-6,8-13,15H2,1-3H3,(H,22,28). The van der Waals surface area contributed by atoms with E-state index in [1.165, 1.54) is 0 Å². The van der Waals surface area contributed by atoms with E-state index in [1.54, 1.807) is 6.20 Å². The number of amides is 3. The number of piperazine rings is 1. The third-order valence-corrected chi connectivity index (χ3v) is 5.66. The molecule has 2 aliphatic rings. The molecule has 2 fully saturated rings. The second-order valence-corrected chi connectivity index (χ2v) is 7.97. The van der Waals surface area contributed by atoms with Crippen molar-refractivity contribution in [2.24, 2.45) is 5.92 Å². The predicted molar refractivity (Wildman–Crippen MR) is 109 cm³/mol. The largest absolute Gasteiger partial charge is 0.363 e. The molecule has 3 rings (SSSR count). The number of anilines is 1. The summed E-state index contributed by atoms with van der Waals surface area (Å²) in [6, 6.07) is 3.82. The van der Waals surface area contributed by atoms with E-state index in [9.17, 15) is 9.59 Å². The molecule has 0 aliphatic carbocycles. The lowest BCUT2D eigenvalue weighted by Crippen LogP contribution is -2.51. The second kappa shape index (κ2) is 9.23. The lowest BCUT2D eigenvalue weighted by molar-refractivity contribution is -0.138. The van der Waals surface area contributed by atoms with Gasteiger partial charge in [-0.25, -0.2) is 9.78 Å². The van der Waals surface area contributed by atoms with Crippen LogP contribution in [0.4, 0.5) is 10.6 Å². The number of carbonyl (C=O) groups excluding carboxylic acids is 2. The van der Waals surface area contributed by atoms with E-state index in [0.29, 0.717) is 19.6 Å². The highest BCUT2D eigenvalue weighted by Gasteiger charge is 2.31. The van der Waals surface area contributed by atoms with Gasteiger partial charge in [-0.05, 0) is 37.6 Å². The molecule has 2 saturated heterocycles. The number of nitrogens with zero attached hydrogens (tertiary/aromatic N) is 5. The fourth-order valence-corrected chi connectivity index (χ4v) is 3.72. The molecule has 8 nitrogen and oxygen atoms in total. The first-order chi connectivity index (χ1) is 13.4. The maximum atomic E-state index is 12.7. The Morgan fingerprint density at radius 2 is 1.79 bits per heavy atom. The van der Waals surface area contributed by atoms with Crippen molar-refractivity contribution in [3.8, 4) is 0 Å². The van der Waals surface area contributed by atoms with Gasteiger partial charge in [-0.3, -0.25) is 4.79 Å². The first-order valence-corrected chi connectivity index (χ1v) is 10.1. The van der Waals surface area contributed by atoms with Crippen molar-refractivity contribution < 1.29 is 9.59 Å². The Bertz CT molecular complexity index is 679. The molecule has 8 heteroatoms. The first-order valence-electron chi connectivity index (χ1n) is 10.1. The first kappa shape index (κ1) is 20.4. The van der Waals surface area contributed by atoms with Gasteiger partial charge in [0.05, 0.1) is 0 Å². The number of piperidine rings is 1. The highest BCUT2D eigenvalue weighted by molar-refractivity contribution is 5.80. The van der Waals surface area contributed by atoms with Gasteiger partial charge in [0, 0.05) is 72.0 Å².